The van der Waals surface area contributed by atoms with Crippen molar-refractivity contribution < 1.29 is 9.13 Å². The number of benzene rings is 2. The summed E-state index contributed by atoms with van der Waals surface area (Å²) in [7, 11) is 1.75. The summed E-state index contributed by atoms with van der Waals surface area (Å²) in [5, 5.41) is 0.847. The lowest BCUT2D eigenvalue weighted by molar-refractivity contribution is 0.0938. The van der Waals surface area contributed by atoms with E-state index in [4.69, 9.17) is 20.4 Å². The molecule has 46 heavy (non-hydrogen) atoms. The Bertz CT molecular complexity index is 1700. The van der Waals surface area contributed by atoms with Gasteiger partial charge in [-0.05, 0) is 59.4 Å². The van der Waals surface area contributed by atoms with E-state index in [9.17, 15) is 9.18 Å². The molecule has 4 aromatic rings. The summed E-state index contributed by atoms with van der Waals surface area (Å²) in [5.74, 6) is 0.897. The first kappa shape index (κ1) is 36.1. The number of pyridine rings is 1. The summed E-state index contributed by atoms with van der Waals surface area (Å²) in [4.78, 5) is 29.1. The summed E-state index contributed by atoms with van der Waals surface area (Å²) in [6.07, 6.45) is 5.05. The molecule has 0 bridgehead atoms. The topological polar surface area (TPSA) is 98.6 Å². The van der Waals surface area contributed by atoms with Crippen LogP contribution < -0.4 is 16.2 Å². The van der Waals surface area contributed by atoms with E-state index in [0.29, 0.717) is 43.3 Å². The highest BCUT2D eigenvalue weighted by molar-refractivity contribution is 6.09. The van der Waals surface area contributed by atoms with Crippen LogP contribution in [0.25, 0.3) is 27.6 Å². The number of aliphatic imine (C=N–C) groups is 1. The average Bonchev–Trinajstić information content (AvgIpc) is 3.06. The Hall–Kier alpha value is -4.37. The molecule has 0 radical (unpaired) electrons. The van der Waals surface area contributed by atoms with Gasteiger partial charge in [0.2, 0.25) is 0 Å². The smallest absolute Gasteiger partial charge is 0.253 e. The van der Waals surface area contributed by atoms with E-state index < -0.39 is 0 Å². The summed E-state index contributed by atoms with van der Waals surface area (Å²) >= 11 is 0. The molecule has 0 amide bonds. The van der Waals surface area contributed by atoms with Gasteiger partial charge in [0, 0.05) is 49.7 Å². The molecular formula is C37H49FN6O2. The fourth-order valence-corrected chi connectivity index (χ4v) is 5.09. The summed E-state index contributed by atoms with van der Waals surface area (Å²) in [6, 6.07) is 14.2. The van der Waals surface area contributed by atoms with Crippen molar-refractivity contribution >= 4 is 28.5 Å². The number of hydrogen-bond donors (Lipinski definition) is 1. The average molecular weight is 629 g/mol. The number of morpholine rings is 1. The van der Waals surface area contributed by atoms with Crippen molar-refractivity contribution in [3.05, 3.63) is 94.1 Å². The van der Waals surface area contributed by atoms with E-state index >= 15 is 0 Å². The summed E-state index contributed by atoms with van der Waals surface area (Å²) < 4.78 is 21.3. The minimum atomic E-state index is -0.290. The molecular weight excluding hydrogens is 579 g/mol. The number of halogens is 1. The van der Waals surface area contributed by atoms with Crippen LogP contribution in [-0.4, -0.2) is 47.1 Å². The first-order valence-electron chi connectivity index (χ1n) is 16.1. The van der Waals surface area contributed by atoms with Crippen molar-refractivity contribution in [2.45, 2.75) is 61.4 Å². The lowest BCUT2D eigenvalue weighted by atomic mass is 9.97. The molecule has 8 nitrogen and oxygen atoms in total. The molecule has 3 heterocycles. The SMILES string of the molecule is CC.CC.Cc1cc(-c2ccc3nc(/C(C=NCC(C)(C)C)=C/N)nc(N4CCOCC4c4ccc(F)cc4)c3c2)cn(C)c1=O. The molecule has 1 aliphatic rings. The normalized spacial score (nSPS) is 15.3. The third-order valence-corrected chi connectivity index (χ3v) is 7.26. The van der Waals surface area contributed by atoms with Gasteiger partial charge in [-0.3, -0.25) is 9.79 Å². The molecule has 9 heteroatoms. The molecule has 246 valence electrons. The Morgan fingerprint density at radius 1 is 1.07 bits per heavy atom. The van der Waals surface area contributed by atoms with Crippen LogP contribution in [0.5, 0.6) is 0 Å². The van der Waals surface area contributed by atoms with Crippen LogP contribution >= 0.6 is 0 Å². The van der Waals surface area contributed by atoms with E-state index in [1.807, 2.05) is 59.0 Å². The van der Waals surface area contributed by atoms with Crippen molar-refractivity contribution in [2.24, 2.45) is 23.2 Å². The quantitative estimate of drug-likeness (QED) is 0.222. The van der Waals surface area contributed by atoms with Crippen LogP contribution in [-0.2, 0) is 11.8 Å². The summed E-state index contributed by atoms with van der Waals surface area (Å²) in [6.45, 7) is 18.3. The van der Waals surface area contributed by atoms with Crippen molar-refractivity contribution in [1.29, 1.82) is 0 Å². The molecule has 2 aromatic heterocycles. The molecule has 1 aliphatic heterocycles. The zero-order valence-electron chi connectivity index (χ0n) is 28.8. The Labute approximate surface area is 272 Å². The van der Waals surface area contributed by atoms with E-state index in [-0.39, 0.29) is 22.8 Å². The number of aryl methyl sites for hydroxylation is 2. The number of fused-ring (bicyclic) bond motifs is 1. The first-order valence-corrected chi connectivity index (χ1v) is 16.1. The number of aromatic nitrogens is 3. The van der Waals surface area contributed by atoms with Crippen molar-refractivity contribution in [3.8, 4) is 11.1 Å². The van der Waals surface area contributed by atoms with Gasteiger partial charge in [-0.15, -0.1) is 0 Å². The number of rotatable bonds is 6. The van der Waals surface area contributed by atoms with Crippen LogP contribution in [0.4, 0.5) is 10.2 Å². The molecule has 1 fully saturated rings. The van der Waals surface area contributed by atoms with Crippen LogP contribution in [0.3, 0.4) is 0 Å². The van der Waals surface area contributed by atoms with E-state index in [0.717, 1.165) is 33.4 Å². The van der Waals surface area contributed by atoms with Gasteiger partial charge in [-0.25, -0.2) is 14.4 Å². The van der Waals surface area contributed by atoms with Crippen LogP contribution in [0.2, 0.25) is 0 Å². The molecule has 2 aromatic carbocycles. The highest BCUT2D eigenvalue weighted by Crippen LogP contribution is 2.36. The number of anilines is 1. The number of nitrogens with two attached hydrogens (primary N) is 1. The monoisotopic (exact) mass is 628 g/mol. The Balaban J connectivity index is 0.00000139. The van der Waals surface area contributed by atoms with Gasteiger partial charge >= 0.3 is 0 Å². The molecule has 5 rings (SSSR count). The maximum atomic E-state index is 13.8. The van der Waals surface area contributed by atoms with Crippen molar-refractivity contribution in [3.63, 3.8) is 0 Å². The number of hydrogen-bond acceptors (Lipinski definition) is 7. The lowest BCUT2D eigenvalue weighted by Crippen LogP contribution is -2.40. The fraction of sp³-hybridized carbons (Fsp3) is 0.405. The zero-order valence-corrected chi connectivity index (χ0v) is 28.8. The van der Waals surface area contributed by atoms with Gasteiger partial charge < -0.3 is 19.9 Å². The Kier molecular flexibility index (Phi) is 12.8. The molecule has 0 aliphatic carbocycles. The van der Waals surface area contributed by atoms with Gasteiger partial charge in [0.15, 0.2) is 5.82 Å². The number of ether oxygens (including phenoxy) is 1. The third kappa shape index (κ3) is 8.66. The molecule has 1 unspecified atom stereocenters. The number of allylic oxidation sites excluding steroid dienone is 1. The fourth-order valence-electron chi connectivity index (χ4n) is 5.09. The second-order valence-electron chi connectivity index (χ2n) is 11.9. The Morgan fingerprint density at radius 3 is 2.39 bits per heavy atom. The van der Waals surface area contributed by atoms with Crippen LogP contribution in [0.1, 0.15) is 71.5 Å². The molecule has 0 spiro atoms. The maximum Gasteiger partial charge on any atom is 0.253 e. The lowest BCUT2D eigenvalue weighted by Gasteiger charge is -2.37. The maximum absolute atomic E-state index is 13.8. The van der Waals surface area contributed by atoms with Gasteiger partial charge in [-0.2, -0.15) is 0 Å². The minimum absolute atomic E-state index is 0.0253. The van der Waals surface area contributed by atoms with Crippen LogP contribution in [0.15, 0.2) is 70.7 Å². The number of nitrogens with zero attached hydrogens (tertiary/aromatic N) is 5. The minimum Gasteiger partial charge on any atom is -0.404 e. The van der Waals surface area contributed by atoms with Gasteiger partial charge in [0.1, 0.15) is 11.6 Å². The summed E-state index contributed by atoms with van der Waals surface area (Å²) in [5.41, 5.74) is 10.9. The van der Waals surface area contributed by atoms with Gasteiger partial charge in [0.05, 0.1) is 30.3 Å². The largest absolute Gasteiger partial charge is 0.404 e. The second kappa shape index (κ2) is 16.3. The highest BCUT2D eigenvalue weighted by atomic mass is 19.1. The predicted octanol–water partition coefficient (Wildman–Crippen LogP) is 7.49. The van der Waals surface area contributed by atoms with E-state index in [2.05, 4.69) is 36.7 Å². The molecule has 2 N–H and O–H groups in total. The molecule has 1 atom stereocenters. The zero-order chi connectivity index (χ0) is 34.0. The van der Waals surface area contributed by atoms with E-state index in [1.54, 1.807) is 30.0 Å². The molecule has 1 saturated heterocycles. The third-order valence-electron chi connectivity index (χ3n) is 7.26. The van der Waals surface area contributed by atoms with Gasteiger partial charge in [0.25, 0.3) is 5.56 Å². The second-order valence-corrected chi connectivity index (χ2v) is 11.9. The Morgan fingerprint density at radius 2 is 1.76 bits per heavy atom. The standard InChI is InChI=1S/C33H37FN6O2.2C2H6/c1-21-14-24(18-39(5)32(21)41)23-8-11-28-27(15-23)31(38-30(37-28)25(16-35)17-36-20-33(2,3)4)40-12-13-42-19-29(40)22-6-9-26(34)10-7-22;2*1-2/h6-11,14-18,29H,12-13,19-20,35H2,1-5H3;2*1-2H3/b25-16+,36-17?;;. The first-order chi connectivity index (χ1) is 22.0. The highest BCUT2D eigenvalue weighted by Gasteiger charge is 2.28. The van der Waals surface area contributed by atoms with E-state index in [1.165, 1.54) is 18.3 Å². The van der Waals surface area contributed by atoms with Crippen molar-refractivity contribution in [1.82, 2.24) is 14.5 Å². The van der Waals surface area contributed by atoms with Crippen LogP contribution in [0, 0.1) is 18.2 Å². The van der Waals surface area contributed by atoms with Gasteiger partial charge in [-0.1, -0.05) is 66.7 Å². The molecule has 0 saturated carbocycles. The van der Waals surface area contributed by atoms with Crippen molar-refractivity contribution in [2.75, 3.05) is 31.2 Å². The predicted molar refractivity (Wildman–Crippen MR) is 190 cm³/mol.